The van der Waals surface area contributed by atoms with Gasteiger partial charge < -0.3 is 14.7 Å². The van der Waals surface area contributed by atoms with Crippen molar-refractivity contribution in [1.29, 1.82) is 0 Å². The van der Waals surface area contributed by atoms with Crippen LogP contribution in [0, 0.1) is 5.92 Å². The third-order valence-electron chi connectivity index (χ3n) is 2.93. The maximum atomic E-state index is 9.62. The third kappa shape index (κ3) is 6.13. The minimum atomic E-state index is -0.544. The van der Waals surface area contributed by atoms with Crippen molar-refractivity contribution in [3.63, 3.8) is 0 Å². The van der Waals surface area contributed by atoms with Gasteiger partial charge in [0, 0.05) is 19.7 Å². The highest BCUT2D eigenvalue weighted by atomic mass is 16.5. The summed E-state index contributed by atoms with van der Waals surface area (Å²) in [5, 5.41) is 9.62. The highest BCUT2D eigenvalue weighted by molar-refractivity contribution is 4.70. The number of nitrogens with zero attached hydrogens (tertiary/aromatic N) is 1. The summed E-state index contributed by atoms with van der Waals surface area (Å²) in [6, 6.07) is 0. The highest BCUT2D eigenvalue weighted by Gasteiger charge is 2.18. The van der Waals surface area contributed by atoms with E-state index in [1.807, 2.05) is 13.8 Å². The normalized spacial score (nSPS) is 23.4. The van der Waals surface area contributed by atoms with Crippen LogP contribution in [0.5, 0.6) is 0 Å². The highest BCUT2D eigenvalue weighted by Crippen LogP contribution is 2.15. The summed E-state index contributed by atoms with van der Waals surface area (Å²) in [5.41, 5.74) is -0.544. The smallest absolute Gasteiger partial charge is 0.0603 e. The molecule has 1 rings (SSSR count). The van der Waals surface area contributed by atoms with Gasteiger partial charge in [0.15, 0.2) is 0 Å². The zero-order valence-corrected chi connectivity index (χ0v) is 10.3. The fourth-order valence-electron chi connectivity index (χ4n) is 1.95. The summed E-state index contributed by atoms with van der Waals surface area (Å²) in [7, 11) is 2.13. The molecule has 1 fully saturated rings. The molecule has 0 radical (unpaired) electrons. The summed E-state index contributed by atoms with van der Waals surface area (Å²) in [6.45, 7) is 7.63. The Hall–Kier alpha value is -0.120. The first-order chi connectivity index (χ1) is 6.97. The minimum absolute atomic E-state index is 0.544. The van der Waals surface area contributed by atoms with Gasteiger partial charge in [0.2, 0.25) is 0 Å². The van der Waals surface area contributed by atoms with E-state index in [1.54, 1.807) is 0 Å². The molecule has 3 nitrogen and oxygen atoms in total. The van der Waals surface area contributed by atoms with Gasteiger partial charge in [-0.15, -0.1) is 0 Å². The maximum absolute atomic E-state index is 9.62. The van der Waals surface area contributed by atoms with Crippen LogP contribution in [0.25, 0.3) is 0 Å². The molecule has 1 heterocycles. The van der Waals surface area contributed by atoms with Gasteiger partial charge >= 0.3 is 0 Å². The van der Waals surface area contributed by atoms with Crippen LogP contribution < -0.4 is 0 Å². The fourth-order valence-corrected chi connectivity index (χ4v) is 1.95. The van der Waals surface area contributed by atoms with E-state index < -0.39 is 5.60 Å². The zero-order chi connectivity index (χ0) is 11.3. The van der Waals surface area contributed by atoms with Crippen molar-refractivity contribution < 1.29 is 9.84 Å². The minimum Gasteiger partial charge on any atom is -0.390 e. The van der Waals surface area contributed by atoms with Crippen LogP contribution in [0.2, 0.25) is 0 Å². The molecule has 90 valence electrons. The molecule has 0 aromatic carbocycles. The lowest BCUT2D eigenvalue weighted by atomic mass is 10.0. The number of ether oxygens (including phenoxy) is 1. The summed E-state index contributed by atoms with van der Waals surface area (Å²) in [6.07, 6.45) is 3.31. The Bertz CT molecular complexity index is 171. The topological polar surface area (TPSA) is 32.7 Å². The van der Waals surface area contributed by atoms with Crippen molar-refractivity contribution in [2.75, 3.05) is 33.4 Å². The second-order valence-electron chi connectivity index (χ2n) is 5.41. The lowest BCUT2D eigenvalue weighted by molar-refractivity contribution is 0.0322. The molecule has 0 spiro atoms. The molecular formula is C12H25NO2. The number of rotatable bonds is 5. The van der Waals surface area contributed by atoms with E-state index in [1.165, 1.54) is 12.8 Å². The van der Waals surface area contributed by atoms with Crippen LogP contribution in [0.3, 0.4) is 0 Å². The molecule has 3 heteroatoms. The molecule has 0 amide bonds. The Morgan fingerprint density at radius 2 is 2.20 bits per heavy atom. The lowest BCUT2D eigenvalue weighted by Crippen LogP contribution is -2.34. The molecule has 0 saturated carbocycles. The predicted molar refractivity (Wildman–Crippen MR) is 62.0 cm³/mol. The summed E-state index contributed by atoms with van der Waals surface area (Å²) in [5.74, 6) is 0.686. The van der Waals surface area contributed by atoms with Gasteiger partial charge in [-0.2, -0.15) is 0 Å². The molecule has 1 N–H and O–H groups in total. The van der Waals surface area contributed by atoms with Crippen molar-refractivity contribution in [3.8, 4) is 0 Å². The molecule has 1 saturated heterocycles. The molecule has 15 heavy (non-hydrogen) atoms. The first-order valence-electron chi connectivity index (χ1n) is 5.96. The van der Waals surface area contributed by atoms with E-state index >= 15 is 0 Å². The average Bonchev–Trinajstić information content (AvgIpc) is 2.15. The Balaban J connectivity index is 2.14. The second kappa shape index (κ2) is 5.83. The van der Waals surface area contributed by atoms with Crippen molar-refractivity contribution in [3.05, 3.63) is 0 Å². The Morgan fingerprint density at radius 1 is 1.47 bits per heavy atom. The zero-order valence-electron chi connectivity index (χ0n) is 10.3. The fraction of sp³-hybridized carbons (Fsp3) is 1.00. The monoisotopic (exact) mass is 215 g/mol. The number of hydrogen-bond donors (Lipinski definition) is 1. The number of aliphatic hydroxyl groups is 1. The van der Waals surface area contributed by atoms with E-state index in [4.69, 9.17) is 4.74 Å². The van der Waals surface area contributed by atoms with Crippen LogP contribution in [0.4, 0.5) is 0 Å². The standard InChI is InChI=1S/C12H25NO2/c1-12(2,14)6-7-13(3)9-11-5-4-8-15-10-11/h11,14H,4-10H2,1-3H3. The summed E-state index contributed by atoms with van der Waals surface area (Å²) >= 11 is 0. The van der Waals surface area contributed by atoms with Gasteiger partial charge in [0.05, 0.1) is 12.2 Å². The quantitative estimate of drug-likeness (QED) is 0.754. The van der Waals surface area contributed by atoms with Gasteiger partial charge in [0.1, 0.15) is 0 Å². The molecule has 1 atom stereocenters. The van der Waals surface area contributed by atoms with Crippen LogP contribution in [0.15, 0.2) is 0 Å². The van der Waals surface area contributed by atoms with Crippen molar-refractivity contribution in [2.45, 2.75) is 38.7 Å². The molecule has 0 aliphatic carbocycles. The number of hydrogen-bond acceptors (Lipinski definition) is 3. The molecule has 0 bridgehead atoms. The van der Waals surface area contributed by atoms with Crippen LogP contribution >= 0.6 is 0 Å². The lowest BCUT2D eigenvalue weighted by Gasteiger charge is -2.28. The van der Waals surface area contributed by atoms with Gasteiger partial charge in [-0.1, -0.05) is 0 Å². The van der Waals surface area contributed by atoms with Gasteiger partial charge in [-0.3, -0.25) is 0 Å². The largest absolute Gasteiger partial charge is 0.390 e. The molecule has 0 aromatic heterocycles. The molecule has 1 aliphatic heterocycles. The molecular weight excluding hydrogens is 190 g/mol. The van der Waals surface area contributed by atoms with Crippen LogP contribution in [-0.4, -0.2) is 49.0 Å². The van der Waals surface area contributed by atoms with Crippen molar-refractivity contribution in [1.82, 2.24) is 4.90 Å². The average molecular weight is 215 g/mol. The second-order valence-corrected chi connectivity index (χ2v) is 5.41. The predicted octanol–water partition coefficient (Wildman–Crippen LogP) is 1.51. The van der Waals surface area contributed by atoms with Gasteiger partial charge in [0.25, 0.3) is 0 Å². The van der Waals surface area contributed by atoms with E-state index in [-0.39, 0.29) is 0 Å². The third-order valence-corrected chi connectivity index (χ3v) is 2.93. The Labute approximate surface area is 93.4 Å². The Kier molecular flexibility index (Phi) is 5.03. The molecule has 1 unspecified atom stereocenters. The summed E-state index contributed by atoms with van der Waals surface area (Å²) < 4.78 is 5.45. The van der Waals surface area contributed by atoms with Gasteiger partial charge in [-0.05, 0) is 46.1 Å². The first kappa shape index (κ1) is 12.9. The summed E-state index contributed by atoms with van der Waals surface area (Å²) in [4.78, 5) is 2.30. The van der Waals surface area contributed by atoms with Crippen LogP contribution in [0.1, 0.15) is 33.1 Å². The van der Waals surface area contributed by atoms with E-state index in [9.17, 15) is 5.11 Å². The Morgan fingerprint density at radius 3 is 2.73 bits per heavy atom. The first-order valence-corrected chi connectivity index (χ1v) is 5.96. The van der Waals surface area contributed by atoms with E-state index in [0.717, 1.165) is 32.7 Å². The van der Waals surface area contributed by atoms with Gasteiger partial charge in [-0.25, -0.2) is 0 Å². The molecule has 1 aliphatic rings. The van der Waals surface area contributed by atoms with Crippen molar-refractivity contribution >= 4 is 0 Å². The van der Waals surface area contributed by atoms with Crippen LogP contribution in [-0.2, 0) is 4.74 Å². The van der Waals surface area contributed by atoms with Crippen molar-refractivity contribution in [2.24, 2.45) is 5.92 Å². The van der Waals surface area contributed by atoms with E-state index in [0.29, 0.717) is 5.92 Å². The SMILES string of the molecule is CN(CCC(C)(C)O)CC1CCCOC1. The molecule has 0 aromatic rings. The maximum Gasteiger partial charge on any atom is 0.0603 e. The van der Waals surface area contributed by atoms with E-state index in [2.05, 4.69) is 11.9 Å².